The average molecular weight is 470 g/mol. The molecular weight excluding hydrogens is 442 g/mol. The summed E-state index contributed by atoms with van der Waals surface area (Å²) in [7, 11) is 0. The number of fused-ring (bicyclic) bond motifs is 1. The number of carbonyl (C=O) groups excluding carboxylic acids is 2. The molecular formula is C23H27N5O4S. The summed E-state index contributed by atoms with van der Waals surface area (Å²) >= 11 is 1.56. The van der Waals surface area contributed by atoms with Gasteiger partial charge in [0.2, 0.25) is 5.91 Å². The smallest absolute Gasteiger partial charge is 0.251 e. The first-order valence-electron chi connectivity index (χ1n) is 11.0. The number of nitrogens with one attached hydrogen (secondary N) is 1. The molecule has 1 fully saturated rings. The third-order valence-electron chi connectivity index (χ3n) is 5.26. The lowest BCUT2D eigenvalue weighted by atomic mass is 10.2. The molecule has 174 valence electrons. The fourth-order valence-electron chi connectivity index (χ4n) is 3.60. The highest BCUT2D eigenvalue weighted by atomic mass is 32.1. The summed E-state index contributed by atoms with van der Waals surface area (Å²) in [5.74, 6) is 0.672. The largest absolute Gasteiger partial charge is 0.490 e. The second-order valence-electron chi connectivity index (χ2n) is 7.40. The molecule has 0 unspecified atom stereocenters. The number of ether oxygens (including phenoxy) is 2. The zero-order valence-corrected chi connectivity index (χ0v) is 19.6. The van der Waals surface area contributed by atoms with E-state index in [0.29, 0.717) is 56.5 Å². The molecule has 1 aliphatic heterocycles. The van der Waals surface area contributed by atoms with E-state index in [4.69, 9.17) is 9.47 Å². The minimum absolute atomic E-state index is 0.0545. The molecule has 3 aromatic rings. The third-order valence-corrected chi connectivity index (χ3v) is 6.30. The Balaban J connectivity index is 1.29. The molecule has 33 heavy (non-hydrogen) atoms. The first-order valence-corrected chi connectivity index (χ1v) is 11.8. The van der Waals surface area contributed by atoms with Crippen molar-refractivity contribution < 1.29 is 19.1 Å². The van der Waals surface area contributed by atoms with Gasteiger partial charge in [-0.3, -0.25) is 9.59 Å². The number of amides is 2. The van der Waals surface area contributed by atoms with E-state index in [1.807, 2.05) is 26.0 Å². The Hall–Kier alpha value is -3.40. The Morgan fingerprint density at radius 2 is 1.82 bits per heavy atom. The molecule has 2 amide bonds. The van der Waals surface area contributed by atoms with Crippen LogP contribution in [-0.2, 0) is 4.79 Å². The summed E-state index contributed by atoms with van der Waals surface area (Å²) < 4.78 is 11.1. The Morgan fingerprint density at radius 1 is 1.06 bits per heavy atom. The summed E-state index contributed by atoms with van der Waals surface area (Å²) in [6, 6.07) is 8.84. The van der Waals surface area contributed by atoms with Crippen LogP contribution in [0.2, 0.25) is 0 Å². The van der Waals surface area contributed by atoms with Crippen molar-refractivity contribution in [3.05, 3.63) is 42.1 Å². The summed E-state index contributed by atoms with van der Waals surface area (Å²) in [6.07, 6.45) is 1.76. The molecule has 0 radical (unpaired) electrons. The molecule has 0 spiro atoms. The summed E-state index contributed by atoms with van der Waals surface area (Å²) in [6.45, 7) is 7.21. The predicted octanol–water partition coefficient (Wildman–Crippen LogP) is 2.57. The molecule has 3 heterocycles. The zero-order valence-electron chi connectivity index (χ0n) is 18.7. The number of thiazole rings is 1. The van der Waals surface area contributed by atoms with E-state index in [-0.39, 0.29) is 18.4 Å². The summed E-state index contributed by atoms with van der Waals surface area (Å²) in [4.78, 5) is 39.1. The van der Waals surface area contributed by atoms with Crippen molar-refractivity contribution in [2.24, 2.45) is 0 Å². The molecule has 1 aromatic carbocycles. The van der Waals surface area contributed by atoms with Crippen LogP contribution in [0, 0.1) is 0 Å². The fourth-order valence-corrected chi connectivity index (χ4v) is 4.56. The van der Waals surface area contributed by atoms with Crippen molar-refractivity contribution in [3.8, 4) is 11.5 Å². The average Bonchev–Trinajstić information content (AvgIpc) is 3.28. The Labute approximate surface area is 196 Å². The lowest BCUT2D eigenvalue weighted by Gasteiger charge is -2.34. The molecule has 10 heteroatoms. The van der Waals surface area contributed by atoms with Gasteiger partial charge in [0, 0.05) is 37.9 Å². The quantitative estimate of drug-likeness (QED) is 0.542. The summed E-state index contributed by atoms with van der Waals surface area (Å²) in [5, 5.41) is 3.64. The number of hydrogen-bond donors (Lipinski definition) is 1. The lowest BCUT2D eigenvalue weighted by Crippen LogP contribution is -2.51. The van der Waals surface area contributed by atoms with Gasteiger partial charge < -0.3 is 24.6 Å². The van der Waals surface area contributed by atoms with Crippen LogP contribution in [-0.4, -0.2) is 72.6 Å². The van der Waals surface area contributed by atoms with Crippen LogP contribution in [0.4, 0.5) is 5.13 Å². The maximum Gasteiger partial charge on any atom is 0.251 e. The Kier molecular flexibility index (Phi) is 7.23. The van der Waals surface area contributed by atoms with Gasteiger partial charge in [0.15, 0.2) is 16.6 Å². The third kappa shape index (κ3) is 5.33. The second-order valence-corrected chi connectivity index (χ2v) is 8.36. The SMILES string of the molecule is CCOc1ccc(C(=O)NCC(=O)N2CCN(c3nc4cccnc4s3)CC2)cc1OCC. The van der Waals surface area contributed by atoms with Crippen molar-refractivity contribution in [1.29, 1.82) is 0 Å². The van der Waals surface area contributed by atoms with Gasteiger partial charge in [-0.2, -0.15) is 0 Å². The predicted molar refractivity (Wildman–Crippen MR) is 127 cm³/mol. The van der Waals surface area contributed by atoms with E-state index in [9.17, 15) is 9.59 Å². The maximum absolute atomic E-state index is 12.7. The molecule has 0 aliphatic carbocycles. The van der Waals surface area contributed by atoms with Crippen molar-refractivity contribution in [1.82, 2.24) is 20.2 Å². The van der Waals surface area contributed by atoms with Gasteiger partial charge in [-0.1, -0.05) is 11.3 Å². The number of pyridine rings is 1. The highest BCUT2D eigenvalue weighted by molar-refractivity contribution is 7.21. The van der Waals surface area contributed by atoms with Crippen LogP contribution in [0.15, 0.2) is 36.5 Å². The van der Waals surface area contributed by atoms with E-state index < -0.39 is 0 Å². The molecule has 4 rings (SSSR count). The van der Waals surface area contributed by atoms with E-state index in [1.54, 1.807) is 40.6 Å². The number of hydrogen-bond acceptors (Lipinski definition) is 8. The van der Waals surface area contributed by atoms with Crippen LogP contribution in [0.5, 0.6) is 11.5 Å². The van der Waals surface area contributed by atoms with Crippen LogP contribution >= 0.6 is 11.3 Å². The molecule has 0 atom stereocenters. The van der Waals surface area contributed by atoms with Gasteiger partial charge in [-0.25, -0.2) is 9.97 Å². The van der Waals surface area contributed by atoms with Gasteiger partial charge in [-0.05, 0) is 44.2 Å². The monoisotopic (exact) mass is 469 g/mol. The Morgan fingerprint density at radius 3 is 2.55 bits per heavy atom. The minimum Gasteiger partial charge on any atom is -0.490 e. The maximum atomic E-state index is 12.7. The molecule has 1 aliphatic rings. The number of rotatable bonds is 8. The van der Waals surface area contributed by atoms with E-state index in [0.717, 1.165) is 15.5 Å². The highest BCUT2D eigenvalue weighted by Crippen LogP contribution is 2.29. The van der Waals surface area contributed by atoms with E-state index >= 15 is 0 Å². The zero-order chi connectivity index (χ0) is 23.2. The van der Waals surface area contributed by atoms with E-state index in [2.05, 4.69) is 20.2 Å². The topological polar surface area (TPSA) is 96.9 Å². The van der Waals surface area contributed by atoms with Gasteiger partial charge in [0.05, 0.1) is 19.8 Å². The van der Waals surface area contributed by atoms with E-state index in [1.165, 1.54) is 0 Å². The van der Waals surface area contributed by atoms with Gasteiger partial charge >= 0.3 is 0 Å². The first kappa shape index (κ1) is 22.8. The van der Waals surface area contributed by atoms with Crippen LogP contribution in [0.3, 0.4) is 0 Å². The number of anilines is 1. The van der Waals surface area contributed by atoms with Crippen LogP contribution < -0.4 is 19.7 Å². The molecule has 2 aromatic heterocycles. The van der Waals surface area contributed by atoms with Crippen molar-refractivity contribution in [3.63, 3.8) is 0 Å². The van der Waals surface area contributed by atoms with Crippen LogP contribution in [0.1, 0.15) is 24.2 Å². The Bertz CT molecular complexity index is 1090. The highest BCUT2D eigenvalue weighted by Gasteiger charge is 2.23. The van der Waals surface area contributed by atoms with Crippen LogP contribution in [0.25, 0.3) is 10.3 Å². The van der Waals surface area contributed by atoms with Gasteiger partial charge in [-0.15, -0.1) is 0 Å². The van der Waals surface area contributed by atoms with Crippen molar-refractivity contribution in [2.75, 3.05) is 50.8 Å². The first-order chi connectivity index (χ1) is 16.1. The summed E-state index contributed by atoms with van der Waals surface area (Å²) in [5.41, 5.74) is 1.31. The minimum atomic E-state index is -0.326. The van der Waals surface area contributed by atoms with Crippen molar-refractivity contribution in [2.45, 2.75) is 13.8 Å². The van der Waals surface area contributed by atoms with Crippen molar-refractivity contribution >= 4 is 38.6 Å². The number of nitrogens with zero attached hydrogens (tertiary/aromatic N) is 4. The molecule has 0 bridgehead atoms. The van der Waals surface area contributed by atoms with Gasteiger partial charge in [0.25, 0.3) is 5.91 Å². The molecule has 0 saturated carbocycles. The number of benzene rings is 1. The van der Waals surface area contributed by atoms with Gasteiger partial charge in [0.1, 0.15) is 10.3 Å². The normalized spacial score (nSPS) is 13.8. The second kappa shape index (κ2) is 10.5. The number of carbonyl (C=O) groups is 2. The molecule has 1 N–H and O–H groups in total. The fraction of sp³-hybridized carbons (Fsp3) is 0.391. The standard InChI is InChI=1S/C23H27N5O4S/c1-3-31-18-8-7-16(14-19(18)32-4-2)21(30)25-15-20(29)27-10-12-28(13-11-27)23-26-17-6-5-9-24-22(17)33-23/h5-9,14H,3-4,10-13,15H2,1-2H3,(H,25,30). The molecule has 9 nitrogen and oxygen atoms in total. The number of piperazine rings is 1. The lowest BCUT2D eigenvalue weighted by molar-refractivity contribution is -0.130. The number of aromatic nitrogens is 2. The molecule has 1 saturated heterocycles.